The zero-order chi connectivity index (χ0) is 23.5. The van der Waals surface area contributed by atoms with Gasteiger partial charge >= 0.3 is 0 Å². The lowest BCUT2D eigenvalue weighted by atomic mass is 9.83. The molecule has 5 rings (SSSR count). The maximum absolute atomic E-state index is 9.26. The Kier molecular flexibility index (Phi) is 3.81. The van der Waals surface area contributed by atoms with Gasteiger partial charge < -0.3 is 4.42 Å². The summed E-state index contributed by atoms with van der Waals surface area (Å²) in [6, 6.07) is 10.2. The van der Waals surface area contributed by atoms with Gasteiger partial charge in [0.2, 0.25) is 11.4 Å². The van der Waals surface area contributed by atoms with Gasteiger partial charge in [-0.3, -0.25) is 0 Å². The number of nitrogens with zero attached hydrogens (tertiary/aromatic N) is 2. The lowest BCUT2D eigenvalue weighted by molar-refractivity contribution is -0.666. The minimum atomic E-state index is -0.910. The highest BCUT2D eigenvalue weighted by atomic mass is 16.3. The molecule has 1 aliphatic rings. The van der Waals surface area contributed by atoms with Crippen molar-refractivity contribution in [1.82, 2.24) is 0 Å². The Labute approximate surface area is 182 Å². The molecule has 1 saturated carbocycles. The largest absolute Gasteiger partial charge is 0.466 e. The van der Waals surface area contributed by atoms with Gasteiger partial charge in [0.1, 0.15) is 18.2 Å². The average Bonchev–Trinajstić information content (AvgIpc) is 3.18. The summed E-state index contributed by atoms with van der Waals surface area (Å²) in [6.45, 7) is 11.4. The van der Waals surface area contributed by atoms with Crippen molar-refractivity contribution in [3.8, 4) is 11.3 Å². The molecule has 0 amide bonds. The topological polar surface area (TPSA) is 21.4 Å². The van der Waals surface area contributed by atoms with Gasteiger partial charge in [0.15, 0.2) is 5.69 Å². The van der Waals surface area contributed by atoms with E-state index in [9.17, 15) is 2.74 Å². The van der Waals surface area contributed by atoms with Crippen molar-refractivity contribution in [2.24, 2.45) is 7.05 Å². The van der Waals surface area contributed by atoms with Gasteiger partial charge in [-0.1, -0.05) is 49.6 Å². The second kappa shape index (κ2) is 7.29. The van der Waals surface area contributed by atoms with Crippen molar-refractivity contribution in [3.63, 3.8) is 0 Å². The number of pyridine rings is 1. The predicted octanol–water partition coefficient (Wildman–Crippen LogP) is 7.29. The van der Waals surface area contributed by atoms with E-state index in [0.717, 1.165) is 46.9 Å². The van der Waals surface area contributed by atoms with E-state index in [4.69, 9.17) is 12.4 Å². The molecule has 0 bridgehead atoms. The van der Waals surface area contributed by atoms with Gasteiger partial charge in [0, 0.05) is 31.2 Å². The number of hydrogen-bond donors (Lipinski definition) is 0. The maximum Gasteiger partial charge on any atom is 0.229 e. The summed E-state index contributed by atoms with van der Waals surface area (Å²) < 4.78 is 35.5. The zero-order valence-electron chi connectivity index (χ0n) is 20.7. The van der Waals surface area contributed by atoms with E-state index in [1.165, 1.54) is 0 Å². The van der Waals surface area contributed by atoms with Crippen LogP contribution >= 0.6 is 0 Å². The number of benzene rings is 2. The summed E-state index contributed by atoms with van der Waals surface area (Å²) >= 11 is 0. The minimum absolute atomic E-state index is 0.242. The summed E-state index contributed by atoms with van der Waals surface area (Å²) in [6.07, 6.45) is 4.37. The normalized spacial score (nSPS) is 17.5. The molecule has 0 unspecified atom stereocenters. The fourth-order valence-electron chi connectivity index (χ4n) is 4.63. The van der Waals surface area contributed by atoms with Crippen LogP contribution in [0, 0.1) is 20.4 Å². The summed E-state index contributed by atoms with van der Waals surface area (Å²) in [5, 5.41) is 1.79. The molecule has 2 heterocycles. The van der Waals surface area contributed by atoms with Crippen molar-refractivity contribution in [2.75, 3.05) is 0 Å². The zero-order valence-corrected chi connectivity index (χ0v) is 17.7. The molecular weight excluding hydrogens is 368 g/mol. The molecule has 150 valence electrons. The van der Waals surface area contributed by atoms with Crippen LogP contribution in [0.25, 0.3) is 38.0 Å². The first-order valence-electron chi connectivity index (χ1n) is 12.1. The second-order valence-electron chi connectivity index (χ2n) is 8.28. The molecule has 4 aromatic rings. The van der Waals surface area contributed by atoms with Crippen molar-refractivity contribution >= 4 is 27.6 Å². The third-order valence-corrected chi connectivity index (χ3v) is 6.41. The highest BCUT2D eigenvalue weighted by molar-refractivity contribution is 6.12. The number of aromatic nitrogens is 1. The first-order valence-corrected chi connectivity index (χ1v) is 10.6. The van der Waals surface area contributed by atoms with Gasteiger partial charge in [-0.25, -0.2) is 4.85 Å². The fraction of sp³-hybridized carbons (Fsp3) is 0.333. The van der Waals surface area contributed by atoms with Gasteiger partial charge in [0.25, 0.3) is 0 Å². The summed E-state index contributed by atoms with van der Waals surface area (Å²) in [4.78, 5) is 3.63. The van der Waals surface area contributed by atoms with Gasteiger partial charge in [0.05, 0.1) is 14.9 Å². The fourth-order valence-corrected chi connectivity index (χ4v) is 4.63. The molecule has 0 spiro atoms. The number of aryl methyl sites for hydroxylation is 1. The van der Waals surface area contributed by atoms with Crippen LogP contribution in [0.4, 0.5) is 5.69 Å². The minimum Gasteiger partial charge on any atom is -0.466 e. The van der Waals surface area contributed by atoms with E-state index < -0.39 is 5.89 Å². The van der Waals surface area contributed by atoms with Gasteiger partial charge in [-0.15, -0.1) is 0 Å². The third-order valence-electron chi connectivity index (χ3n) is 6.41. The lowest BCUT2D eigenvalue weighted by Crippen LogP contribution is -2.35. The van der Waals surface area contributed by atoms with E-state index >= 15 is 0 Å². The summed E-state index contributed by atoms with van der Waals surface area (Å²) in [5.74, 6) is -0.910. The molecule has 2 aromatic heterocycles. The van der Waals surface area contributed by atoms with Crippen LogP contribution in [0.1, 0.15) is 58.9 Å². The van der Waals surface area contributed by atoms with Crippen LogP contribution in [0.15, 0.2) is 46.8 Å². The summed E-state index contributed by atoms with van der Waals surface area (Å²) in [5.41, 5.74) is 5.37. The molecule has 2 aromatic carbocycles. The van der Waals surface area contributed by atoms with Crippen LogP contribution in [-0.4, -0.2) is 0 Å². The number of rotatable bonds is 2. The van der Waals surface area contributed by atoms with Crippen LogP contribution < -0.4 is 4.57 Å². The number of para-hydroxylation sites is 1. The highest BCUT2D eigenvalue weighted by Crippen LogP contribution is 2.41. The Bertz CT molecular complexity index is 1470. The van der Waals surface area contributed by atoms with Crippen molar-refractivity contribution in [3.05, 3.63) is 70.7 Å². The molecule has 0 N–H and O–H groups in total. The van der Waals surface area contributed by atoms with Crippen LogP contribution in [0.3, 0.4) is 0 Å². The Balaban J connectivity index is 1.90. The second-order valence-corrected chi connectivity index (χ2v) is 8.28. The lowest BCUT2D eigenvalue weighted by Gasteiger charge is -2.22. The Morgan fingerprint density at radius 3 is 2.60 bits per heavy atom. The van der Waals surface area contributed by atoms with E-state index in [0.29, 0.717) is 47.0 Å². The number of hydrogen-bond acceptors (Lipinski definition) is 1. The molecule has 3 heteroatoms. The third kappa shape index (κ3) is 2.91. The predicted molar refractivity (Wildman–Crippen MR) is 122 cm³/mol. The monoisotopic (exact) mass is 398 g/mol. The van der Waals surface area contributed by atoms with E-state index in [-0.39, 0.29) is 6.04 Å². The Hall–Kier alpha value is -3.12. The first-order chi connectivity index (χ1) is 15.8. The molecule has 0 atom stereocenters. The molecule has 0 aliphatic heterocycles. The molecule has 0 radical (unpaired) electrons. The Morgan fingerprint density at radius 1 is 1.07 bits per heavy atom. The van der Waals surface area contributed by atoms with Gasteiger partial charge in [-0.2, -0.15) is 4.57 Å². The van der Waals surface area contributed by atoms with Gasteiger partial charge in [-0.05, 0) is 36.8 Å². The van der Waals surface area contributed by atoms with E-state index in [1.807, 2.05) is 49.7 Å². The SMILES string of the molecule is [2H]c1c(C2([2H])CCCCC2)c([2H])c(-c2c(C)ccc3c2oc2c([N+]#[C-])cccc23)[n+](C)c1C. The molecule has 0 saturated heterocycles. The summed E-state index contributed by atoms with van der Waals surface area (Å²) in [7, 11) is 1.88. The smallest absolute Gasteiger partial charge is 0.229 e. The molecule has 3 nitrogen and oxygen atoms in total. The molecule has 30 heavy (non-hydrogen) atoms. The number of furan rings is 1. The standard InChI is InChI=1S/C27H27N2O/c1-17-13-14-22-21-11-8-12-23(28-3)26(21)30-27(22)25(17)24-16-20(15-18(2)29(24)4)19-9-6-5-7-10-19/h8,11-16,19H,5-7,9-10H2,1-2,4H3/q+1/i15D,16D,19D. The maximum atomic E-state index is 9.26. The number of fused-ring (bicyclic) bond motifs is 3. The average molecular weight is 399 g/mol. The van der Waals surface area contributed by atoms with Crippen LogP contribution in [0.5, 0.6) is 0 Å². The van der Waals surface area contributed by atoms with E-state index in [2.05, 4.69) is 4.85 Å². The highest BCUT2D eigenvalue weighted by Gasteiger charge is 2.25. The molecule has 1 fully saturated rings. The molecule has 1 aliphatic carbocycles. The van der Waals surface area contributed by atoms with Crippen molar-refractivity contribution in [2.45, 2.75) is 51.8 Å². The van der Waals surface area contributed by atoms with E-state index in [1.54, 1.807) is 6.07 Å². The molecular formula is C27H27N2O+. The quantitative estimate of drug-likeness (QED) is 0.256. The van der Waals surface area contributed by atoms with Crippen LogP contribution in [0.2, 0.25) is 0 Å². The Morgan fingerprint density at radius 2 is 1.83 bits per heavy atom. The van der Waals surface area contributed by atoms with Crippen molar-refractivity contribution in [1.29, 1.82) is 0 Å². The van der Waals surface area contributed by atoms with Crippen molar-refractivity contribution < 1.29 is 13.1 Å². The van der Waals surface area contributed by atoms with Crippen LogP contribution in [-0.2, 0) is 7.05 Å². The first kappa shape index (κ1) is 15.7.